The molecule has 0 aliphatic carbocycles. The third-order valence-corrected chi connectivity index (χ3v) is 1.26. The molecule has 0 aromatic heterocycles. The number of aliphatic hydroxyl groups is 2. The summed E-state index contributed by atoms with van der Waals surface area (Å²) in [6.45, 7) is 3.16. The zero-order valence-corrected chi connectivity index (χ0v) is 7.01. The molecule has 66 valence electrons. The van der Waals surface area contributed by atoms with Crippen molar-refractivity contribution in [1.29, 1.82) is 0 Å². The van der Waals surface area contributed by atoms with Gasteiger partial charge in [-0.25, -0.2) is 0 Å². The van der Waals surface area contributed by atoms with E-state index in [9.17, 15) is 0 Å². The van der Waals surface area contributed by atoms with Crippen molar-refractivity contribution in [3.8, 4) is 0 Å². The molecule has 0 rings (SSSR count). The molecule has 3 nitrogen and oxygen atoms in total. The van der Waals surface area contributed by atoms with Gasteiger partial charge < -0.3 is 15.5 Å². The number of aliphatic hydroxyl groups excluding tert-OH is 2. The largest absolute Gasteiger partial charge is 0.511 e. The maximum atomic E-state index is 9.12. The zero-order valence-electron chi connectivity index (χ0n) is 7.01. The number of hydrogen-bond donors (Lipinski definition) is 3. The average molecular weight is 159 g/mol. The maximum Gasteiger partial charge on any atom is 0.102 e. The van der Waals surface area contributed by atoms with Crippen LogP contribution in [-0.4, -0.2) is 29.9 Å². The summed E-state index contributed by atoms with van der Waals surface area (Å²) in [6, 6.07) is 0. The normalized spacial score (nSPS) is 12.0. The standard InChI is InChI=1S/C8H17NO2/c1-2-3-4-8(11)7-9-5-6-10/h4,9-11H,2-3,5-7H2,1H3/b8-4-. The minimum atomic E-state index is 0.112. The number of allylic oxidation sites excluding steroid dienone is 1. The smallest absolute Gasteiger partial charge is 0.102 e. The van der Waals surface area contributed by atoms with Crippen molar-refractivity contribution in [2.75, 3.05) is 19.7 Å². The van der Waals surface area contributed by atoms with Crippen LogP contribution in [0.4, 0.5) is 0 Å². The van der Waals surface area contributed by atoms with Gasteiger partial charge in [0.2, 0.25) is 0 Å². The minimum absolute atomic E-state index is 0.112. The summed E-state index contributed by atoms with van der Waals surface area (Å²) in [6.07, 6.45) is 3.75. The highest BCUT2D eigenvalue weighted by atomic mass is 16.3. The minimum Gasteiger partial charge on any atom is -0.511 e. The summed E-state index contributed by atoms with van der Waals surface area (Å²) in [5.74, 6) is 0.361. The van der Waals surface area contributed by atoms with Crippen molar-refractivity contribution in [1.82, 2.24) is 5.32 Å². The lowest BCUT2D eigenvalue weighted by Crippen LogP contribution is -2.20. The van der Waals surface area contributed by atoms with Gasteiger partial charge in [-0.3, -0.25) is 0 Å². The first kappa shape index (κ1) is 10.5. The first-order valence-electron chi connectivity index (χ1n) is 4.00. The first-order valence-corrected chi connectivity index (χ1v) is 4.00. The third-order valence-electron chi connectivity index (χ3n) is 1.26. The molecule has 11 heavy (non-hydrogen) atoms. The molecule has 0 aliphatic rings. The molecule has 3 heteroatoms. The Bertz CT molecular complexity index is 113. The molecule has 0 aliphatic heterocycles. The van der Waals surface area contributed by atoms with Gasteiger partial charge >= 0.3 is 0 Å². The highest BCUT2D eigenvalue weighted by Crippen LogP contribution is 1.93. The Balaban J connectivity index is 3.27. The Morgan fingerprint density at radius 2 is 2.27 bits per heavy atom. The van der Waals surface area contributed by atoms with Gasteiger partial charge in [-0.15, -0.1) is 0 Å². The fourth-order valence-electron chi connectivity index (χ4n) is 0.679. The number of hydrogen-bond acceptors (Lipinski definition) is 3. The highest BCUT2D eigenvalue weighted by molar-refractivity contribution is 4.92. The lowest BCUT2D eigenvalue weighted by atomic mass is 10.3. The van der Waals surface area contributed by atoms with Gasteiger partial charge in [0.15, 0.2) is 0 Å². The van der Waals surface area contributed by atoms with Crippen molar-refractivity contribution < 1.29 is 10.2 Å². The van der Waals surface area contributed by atoms with Gasteiger partial charge in [0, 0.05) is 6.54 Å². The van der Waals surface area contributed by atoms with Crippen LogP contribution in [0.2, 0.25) is 0 Å². The van der Waals surface area contributed by atoms with E-state index in [4.69, 9.17) is 10.2 Å². The predicted molar refractivity (Wildman–Crippen MR) is 45.6 cm³/mol. The lowest BCUT2D eigenvalue weighted by molar-refractivity contribution is 0.289. The van der Waals surface area contributed by atoms with Crippen molar-refractivity contribution in [2.45, 2.75) is 19.8 Å². The van der Waals surface area contributed by atoms with Crippen LogP contribution in [0.5, 0.6) is 0 Å². The molecule has 0 aromatic rings. The molecular formula is C8H17NO2. The molecule has 0 saturated heterocycles. The molecule has 0 unspecified atom stereocenters. The fourth-order valence-corrected chi connectivity index (χ4v) is 0.679. The molecule has 0 fully saturated rings. The molecule has 0 radical (unpaired) electrons. The van der Waals surface area contributed by atoms with E-state index >= 15 is 0 Å². The molecule has 0 amide bonds. The lowest BCUT2D eigenvalue weighted by Gasteiger charge is -2.00. The average Bonchev–Trinajstić information content (AvgIpc) is 2.01. The van der Waals surface area contributed by atoms with Crippen LogP contribution in [0, 0.1) is 0 Å². The monoisotopic (exact) mass is 159 g/mol. The molecule has 0 bridgehead atoms. The summed E-state index contributed by atoms with van der Waals surface area (Å²) in [7, 11) is 0. The second-order valence-corrected chi connectivity index (χ2v) is 2.38. The van der Waals surface area contributed by atoms with E-state index in [1.807, 2.05) is 0 Å². The summed E-state index contributed by atoms with van der Waals surface area (Å²) in [4.78, 5) is 0. The van der Waals surface area contributed by atoms with Gasteiger partial charge in [-0.2, -0.15) is 0 Å². The maximum absolute atomic E-state index is 9.12. The molecule has 0 spiro atoms. The Morgan fingerprint density at radius 1 is 1.55 bits per heavy atom. The van der Waals surface area contributed by atoms with Crippen LogP contribution in [0.1, 0.15) is 19.8 Å². The van der Waals surface area contributed by atoms with Gasteiger partial charge in [-0.1, -0.05) is 13.3 Å². The Kier molecular flexibility index (Phi) is 7.19. The number of rotatable bonds is 6. The van der Waals surface area contributed by atoms with Gasteiger partial charge in [0.25, 0.3) is 0 Å². The molecular weight excluding hydrogens is 142 g/mol. The van der Waals surface area contributed by atoms with E-state index in [1.165, 1.54) is 0 Å². The van der Waals surface area contributed by atoms with E-state index in [-0.39, 0.29) is 6.61 Å². The van der Waals surface area contributed by atoms with Crippen molar-refractivity contribution in [3.63, 3.8) is 0 Å². The van der Waals surface area contributed by atoms with Crippen LogP contribution in [0.15, 0.2) is 11.8 Å². The van der Waals surface area contributed by atoms with Crippen LogP contribution in [-0.2, 0) is 0 Å². The molecule has 0 atom stereocenters. The number of unbranched alkanes of at least 4 members (excludes halogenated alkanes) is 1. The number of nitrogens with one attached hydrogen (secondary N) is 1. The van der Waals surface area contributed by atoms with E-state index in [2.05, 4.69) is 12.2 Å². The third kappa shape index (κ3) is 7.36. The Labute approximate surface area is 67.7 Å². The van der Waals surface area contributed by atoms with Gasteiger partial charge in [-0.05, 0) is 12.5 Å². The topological polar surface area (TPSA) is 52.5 Å². The molecule has 3 N–H and O–H groups in total. The second kappa shape index (κ2) is 7.57. The molecule has 0 heterocycles. The quantitative estimate of drug-likeness (QED) is 0.397. The van der Waals surface area contributed by atoms with E-state index < -0.39 is 0 Å². The summed E-state index contributed by atoms with van der Waals surface area (Å²) in [5, 5.41) is 20.4. The predicted octanol–water partition coefficient (Wildman–Crippen LogP) is 0.810. The van der Waals surface area contributed by atoms with Crippen molar-refractivity contribution in [2.24, 2.45) is 0 Å². The molecule has 0 aromatic carbocycles. The van der Waals surface area contributed by atoms with E-state index in [0.717, 1.165) is 12.8 Å². The van der Waals surface area contributed by atoms with Crippen LogP contribution < -0.4 is 5.32 Å². The first-order chi connectivity index (χ1) is 5.31. The van der Waals surface area contributed by atoms with Crippen molar-refractivity contribution >= 4 is 0 Å². The van der Waals surface area contributed by atoms with Crippen molar-refractivity contribution in [3.05, 3.63) is 11.8 Å². The summed E-state index contributed by atoms with van der Waals surface area (Å²) < 4.78 is 0. The Morgan fingerprint density at radius 3 is 2.82 bits per heavy atom. The summed E-state index contributed by atoms with van der Waals surface area (Å²) >= 11 is 0. The van der Waals surface area contributed by atoms with Crippen LogP contribution >= 0.6 is 0 Å². The van der Waals surface area contributed by atoms with Crippen LogP contribution in [0.25, 0.3) is 0 Å². The highest BCUT2D eigenvalue weighted by Gasteiger charge is 1.90. The zero-order chi connectivity index (χ0) is 8.53. The second-order valence-electron chi connectivity index (χ2n) is 2.38. The fraction of sp³-hybridized carbons (Fsp3) is 0.750. The Hall–Kier alpha value is -0.540. The van der Waals surface area contributed by atoms with E-state index in [1.54, 1.807) is 6.08 Å². The summed E-state index contributed by atoms with van der Waals surface area (Å²) in [5.41, 5.74) is 0. The van der Waals surface area contributed by atoms with Gasteiger partial charge in [0.05, 0.1) is 13.2 Å². The molecule has 0 saturated carbocycles. The SMILES string of the molecule is CCC/C=C(\O)CNCCO. The van der Waals surface area contributed by atoms with Crippen LogP contribution in [0.3, 0.4) is 0 Å². The van der Waals surface area contributed by atoms with Gasteiger partial charge in [0.1, 0.15) is 5.76 Å². The van der Waals surface area contributed by atoms with E-state index in [0.29, 0.717) is 18.8 Å².